The lowest BCUT2D eigenvalue weighted by molar-refractivity contribution is -0.159. The van der Waals surface area contributed by atoms with Crippen LogP contribution in [0.15, 0.2) is 30.3 Å². The number of carbonyl (C=O) groups excluding carboxylic acids is 3. The number of nitrogens with one attached hydrogen (secondary N) is 1. The third-order valence-corrected chi connectivity index (χ3v) is 3.09. The molecule has 0 radical (unpaired) electrons. The van der Waals surface area contributed by atoms with Crippen LogP contribution in [0.4, 0.5) is 4.79 Å². The van der Waals surface area contributed by atoms with Gasteiger partial charge in [-0.15, -0.1) is 0 Å². The van der Waals surface area contributed by atoms with Gasteiger partial charge in [0.2, 0.25) is 5.91 Å². The fourth-order valence-electron chi connectivity index (χ4n) is 2.08. The van der Waals surface area contributed by atoms with Crippen molar-refractivity contribution in [2.45, 2.75) is 39.0 Å². The number of benzene rings is 1. The van der Waals surface area contributed by atoms with Crippen molar-refractivity contribution >= 4 is 18.0 Å². The number of rotatable bonds is 3. The molecule has 1 aliphatic heterocycles. The number of carbonyl (C=O) groups is 3. The quantitative estimate of drug-likeness (QED) is 0.860. The first-order chi connectivity index (χ1) is 10.6. The summed E-state index contributed by atoms with van der Waals surface area (Å²) < 4.78 is 10.2. The second-order valence-corrected chi connectivity index (χ2v) is 4.90. The predicted molar refractivity (Wildman–Crippen MR) is 76.0 cm³/mol. The molecule has 1 heterocycles. The van der Waals surface area contributed by atoms with Gasteiger partial charge in [0, 0.05) is 19.8 Å². The highest BCUT2D eigenvalue weighted by Gasteiger charge is 2.31. The molecule has 0 saturated carbocycles. The Balaban J connectivity index is 2.01. The van der Waals surface area contributed by atoms with E-state index in [0.717, 1.165) is 10.6 Å². The molecule has 2 amide bonds. The Morgan fingerprint density at radius 1 is 1.32 bits per heavy atom. The molecule has 0 spiro atoms. The summed E-state index contributed by atoms with van der Waals surface area (Å²) in [7, 11) is 0. The average molecular weight is 306 g/mol. The van der Waals surface area contributed by atoms with Crippen LogP contribution in [0.1, 0.15) is 31.7 Å². The van der Waals surface area contributed by atoms with E-state index in [4.69, 9.17) is 9.47 Å². The number of hydrogen-bond acceptors (Lipinski definition) is 5. The number of amides is 2. The van der Waals surface area contributed by atoms with Crippen LogP contribution in [0.25, 0.3) is 0 Å². The van der Waals surface area contributed by atoms with Crippen LogP contribution in [0.5, 0.6) is 0 Å². The second-order valence-electron chi connectivity index (χ2n) is 4.90. The summed E-state index contributed by atoms with van der Waals surface area (Å²) in [5.74, 6) is -0.840. The van der Waals surface area contributed by atoms with Crippen molar-refractivity contribution in [1.82, 2.24) is 10.4 Å². The van der Waals surface area contributed by atoms with Gasteiger partial charge in [-0.05, 0) is 12.0 Å². The first-order valence-electron chi connectivity index (χ1n) is 7.03. The Hall–Kier alpha value is -2.57. The molecule has 1 aromatic rings. The van der Waals surface area contributed by atoms with Crippen LogP contribution in [-0.2, 0) is 25.7 Å². The van der Waals surface area contributed by atoms with Crippen molar-refractivity contribution in [2.24, 2.45) is 0 Å². The van der Waals surface area contributed by atoms with Gasteiger partial charge in [-0.25, -0.2) is 4.79 Å². The van der Waals surface area contributed by atoms with Crippen molar-refractivity contribution in [3.05, 3.63) is 35.9 Å². The normalized spacial score (nSPS) is 18.1. The molecule has 118 valence electrons. The summed E-state index contributed by atoms with van der Waals surface area (Å²) in [4.78, 5) is 34.9. The molecule has 0 aliphatic carbocycles. The first kappa shape index (κ1) is 15.8. The Labute approximate surface area is 128 Å². The minimum absolute atomic E-state index is 0.0683. The van der Waals surface area contributed by atoms with Crippen LogP contribution < -0.4 is 5.43 Å². The fourth-order valence-corrected chi connectivity index (χ4v) is 2.08. The van der Waals surface area contributed by atoms with Crippen molar-refractivity contribution in [3.63, 3.8) is 0 Å². The van der Waals surface area contributed by atoms with E-state index in [-0.39, 0.29) is 18.9 Å². The number of esters is 1. The SMILES string of the molecule is CC(=O)OC1CCCC(=O)NN1C(=O)OCc1ccccc1. The summed E-state index contributed by atoms with van der Waals surface area (Å²) in [5.41, 5.74) is 3.23. The Bertz CT molecular complexity index is 546. The monoisotopic (exact) mass is 306 g/mol. The van der Waals surface area contributed by atoms with Crippen molar-refractivity contribution in [1.29, 1.82) is 0 Å². The van der Waals surface area contributed by atoms with Crippen molar-refractivity contribution in [3.8, 4) is 0 Å². The summed E-state index contributed by atoms with van der Waals surface area (Å²) >= 11 is 0. The standard InChI is InChI=1S/C15H18N2O5/c1-11(18)22-14-9-5-8-13(19)16-17(14)15(20)21-10-12-6-3-2-4-7-12/h2-4,6-7,14H,5,8-10H2,1H3,(H,16,19). The summed E-state index contributed by atoms with van der Waals surface area (Å²) in [6, 6.07) is 9.16. The largest absolute Gasteiger partial charge is 0.443 e. The lowest BCUT2D eigenvalue weighted by atomic mass is 10.2. The number of hydrogen-bond donors (Lipinski definition) is 1. The minimum Gasteiger partial charge on any atom is -0.443 e. The van der Waals surface area contributed by atoms with Gasteiger partial charge < -0.3 is 9.47 Å². The maximum atomic E-state index is 12.2. The van der Waals surface area contributed by atoms with E-state index in [1.807, 2.05) is 30.3 Å². The van der Waals surface area contributed by atoms with Crippen LogP contribution in [0.2, 0.25) is 0 Å². The molecular weight excluding hydrogens is 288 g/mol. The summed E-state index contributed by atoms with van der Waals surface area (Å²) in [6.45, 7) is 1.32. The summed E-state index contributed by atoms with van der Waals surface area (Å²) in [6.07, 6.45) is -0.455. The maximum Gasteiger partial charge on any atom is 0.432 e. The minimum atomic E-state index is -0.854. The molecule has 7 heteroatoms. The first-order valence-corrected chi connectivity index (χ1v) is 7.03. The number of hydrazine groups is 1. The van der Waals surface area contributed by atoms with E-state index in [0.29, 0.717) is 12.8 Å². The topological polar surface area (TPSA) is 84.9 Å². The molecule has 2 rings (SSSR count). The van der Waals surface area contributed by atoms with Crippen molar-refractivity contribution < 1.29 is 23.9 Å². The zero-order chi connectivity index (χ0) is 15.9. The van der Waals surface area contributed by atoms with Crippen LogP contribution >= 0.6 is 0 Å². The second kappa shape index (κ2) is 7.44. The maximum absolute atomic E-state index is 12.2. The fraction of sp³-hybridized carbons (Fsp3) is 0.400. The van der Waals surface area contributed by atoms with Gasteiger partial charge in [-0.2, -0.15) is 5.01 Å². The van der Waals surface area contributed by atoms with Gasteiger partial charge >= 0.3 is 12.1 Å². The molecule has 1 saturated heterocycles. The molecule has 7 nitrogen and oxygen atoms in total. The zero-order valence-corrected chi connectivity index (χ0v) is 12.3. The molecule has 1 unspecified atom stereocenters. The van der Waals surface area contributed by atoms with E-state index >= 15 is 0 Å². The third kappa shape index (κ3) is 4.47. The third-order valence-electron chi connectivity index (χ3n) is 3.09. The van der Waals surface area contributed by atoms with Gasteiger partial charge in [-0.1, -0.05) is 30.3 Å². The van der Waals surface area contributed by atoms with Gasteiger partial charge in [-0.3, -0.25) is 15.0 Å². The highest BCUT2D eigenvalue weighted by molar-refractivity contribution is 5.80. The Kier molecular flexibility index (Phi) is 5.35. The molecule has 0 aromatic heterocycles. The van der Waals surface area contributed by atoms with Crippen LogP contribution in [0.3, 0.4) is 0 Å². The lowest BCUT2D eigenvalue weighted by Crippen LogP contribution is -2.51. The zero-order valence-electron chi connectivity index (χ0n) is 12.3. The van der Waals surface area contributed by atoms with E-state index in [1.165, 1.54) is 6.92 Å². The van der Waals surface area contributed by atoms with Crippen molar-refractivity contribution in [2.75, 3.05) is 0 Å². The molecule has 1 aliphatic rings. The number of nitrogens with zero attached hydrogens (tertiary/aromatic N) is 1. The van der Waals surface area contributed by atoms with E-state index in [1.54, 1.807) is 0 Å². The predicted octanol–water partition coefficient (Wildman–Crippen LogP) is 1.73. The van der Waals surface area contributed by atoms with Gasteiger partial charge in [0.15, 0.2) is 6.23 Å². The molecule has 0 bridgehead atoms. The highest BCUT2D eigenvalue weighted by atomic mass is 16.6. The molecule has 1 aromatic carbocycles. The Morgan fingerprint density at radius 3 is 2.73 bits per heavy atom. The molecular formula is C15H18N2O5. The van der Waals surface area contributed by atoms with Gasteiger partial charge in [0.1, 0.15) is 6.61 Å². The average Bonchev–Trinajstić information content (AvgIpc) is 2.67. The van der Waals surface area contributed by atoms with E-state index in [2.05, 4.69) is 5.43 Å². The molecule has 22 heavy (non-hydrogen) atoms. The van der Waals surface area contributed by atoms with E-state index < -0.39 is 18.3 Å². The molecule has 1 N–H and O–H groups in total. The van der Waals surface area contributed by atoms with Crippen LogP contribution in [0, 0.1) is 0 Å². The smallest absolute Gasteiger partial charge is 0.432 e. The van der Waals surface area contributed by atoms with Crippen LogP contribution in [-0.4, -0.2) is 29.2 Å². The molecule has 1 atom stereocenters. The van der Waals surface area contributed by atoms with Gasteiger partial charge in [0.25, 0.3) is 0 Å². The highest BCUT2D eigenvalue weighted by Crippen LogP contribution is 2.15. The summed E-state index contributed by atoms with van der Waals surface area (Å²) in [5, 5.41) is 0.944. The van der Waals surface area contributed by atoms with E-state index in [9.17, 15) is 14.4 Å². The lowest BCUT2D eigenvalue weighted by Gasteiger charge is -2.27. The molecule has 1 fully saturated rings. The Morgan fingerprint density at radius 2 is 2.05 bits per heavy atom. The number of ether oxygens (including phenoxy) is 2. The van der Waals surface area contributed by atoms with Gasteiger partial charge in [0.05, 0.1) is 0 Å².